The van der Waals surface area contributed by atoms with Crippen molar-refractivity contribution in [1.29, 1.82) is 0 Å². The highest BCUT2D eigenvalue weighted by Gasteiger charge is 2.27. The van der Waals surface area contributed by atoms with Gasteiger partial charge in [-0.05, 0) is 56.9 Å². The van der Waals surface area contributed by atoms with Gasteiger partial charge in [-0.15, -0.1) is 5.10 Å². The molecule has 2 rings (SSSR count). The first-order valence-corrected chi connectivity index (χ1v) is 6.49. The van der Waals surface area contributed by atoms with Crippen molar-refractivity contribution in [2.24, 2.45) is 5.92 Å². The molecule has 0 amide bonds. The van der Waals surface area contributed by atoms with Crippen LogP contribution in [-0.4, -0.2) is 25.7 Å². The summed E-state index contributed by atoms with van der Waals surface area (Å²) in [4.78, 5) is 0. The van der Waals surface area contributed by atoms with Crippen molar-refractivity contribution in [3.05, 3.63) is 5.82 Å². The van der Waals surface area contributed by atoms with Gasteiger partial charge in [-0.25, -0.2) is 4.68 Å². The standard InChI is InChI=1S/C12H23N5/c1-9(10-6-5-7-10)17-11(14-15-16-17)8-13-12(2,3)4/h9-10,13H,5-8H2,1-4H3. The molecule has 1 N–H and O–H groups in total. The first kappa shape index (κ1) is 12.5. The fraction of sp³-hybridized carbons (Fsp3) is 0.917. The van der Waals surface area contributed by atoms with Crippen molar-refractivity contribution in [1.82, 2.24) is 25.5 Å². The second-order valence-electron chi connectivity index (χ2n) is 6.07. The summed E-state index contributed by atoms with van der Waals surface area (Å²) in [6.07, 6.45) is 3.98. The molecule has 1 unspecified atom stereocenters. The van der Waals surface area contributed by atoms with Crippen LogP contribution in [0.5, 0.6) is 0 Å². The fourth-order valence-corrected chi connectivity index (χ4v) is 2.11. The van der Waals surface area contributed by atoms with Crippen LogP contribution in [-0.2, 0) is 6.54 Å². The predicted octanol–water partition coefficient (Wildman–Crippen LogP) is 1.92. The molecular weight excluding hydrogens is 214 g/mol. The van der Waals surface area contributed by atoms with Crippen LogP contribution in [0.15, 0.2) is 0 Å². The molecule has 17 heavy (non-hydrogen) atoms. The number of aromatic nitrogens is 4. The van der Waals surface area contributed by atoms with Gasteiger partial charge in [0, 0.05) is 5.54 Å². The Balaban J connectivity index is 2.00. The molecular formula is C12H23N5. The second kappa shape index (κ2) is 4.72. The van der Waals surface area contributed by atoms with Gasteiger partial charge in [0.05, 0.1) is 12.6 Å². The van der Waals surface area contributed by atoms with Crippen LogP contribution >= 0.6 is 0 Å². The van der Waals surface area contributed by atoms with E-state index in [-0.39, 0.29) is 5.54 Å². The molecule has 0 bridgehead atoms. The van der Waals surface area contributed by atoms with E-state index in [1.807, 2.05) is 4.68 Å². The van der Waals surface area contributed by atoms with Gasteiger partial charge in [0.2, 0.25) is 0 Å². The van der Waals surface area contributed by atoms with E-state index >= 15 is 0 Å². The molecule has 1 aromatic heterocycles. The van der Waals surface area contributed by atoms with Crippen molar-refractivity contribution >= 4 is 0 Å². The molecule has 96 valence electrons. The van der Waals surface area contributed by atoms with E-state index in [9.17, 15) is 0 Å². The Kier molecular flexibility index (Phi) is 3.47. The van der Waals surface area contributed by atoms with E-state index in [0.29, 0.717) is 6.04 Å². The molecule has 0 spiro atoms. The minimum absolute atomic E-state index is 0.0937. The lowest BCUT2D eigenvalue weighted by molar-refractivity contribution is 0.203. The average molecular weight is 237 g/mol. The Hall–Kier alpha value is -0.970. The average Bonchev–Trinajstić information content (AvgIpc) is 2.58. The van der Waals surface area contributed by atoms with Gasteiger partial charge in [-0.3, -0.25) is 0 Å². The van der Waals surface area contributed by atoms with Crippen LogP contribution in [0.2, 0.25) is 0 Å². The minimum atomic E-state index is 0.0937. The molecule has 1 aliphatic carbocycles. The first-order chi connectivity index (χ1) is 7.97. The maximum Gasteiger partial charge on any atom is 0.165 e. The first-order valence-electron chi connectivity index (χ1n) is 6.49. The molecule has 1 atom stereocenters. The molecule has 1 fully saturated rings. The molecule has 5 heteroatoms. The predicted molar refractivity (Wildman–Crippen MR) is 66.5 cm³/mol. The number of rotatable bonds is 4. The minimum Gasteiger partial charge on any atom is -0.305 e. The Labute approximate surface area is 103 Å². The Morgan fingerprint density at radius 2 is 2.12 bits per heavy atom. The van der Waals surface area contributed by atoms with Crippen molar-refractivity contribution in [3.8, 4) is 0 Å². The van der Waals surface area contributed by atoms with Gasteiger partial charge >= 0.3 is 0 Å². The van der Waals surface area contributed by atoms with Gasteiger partial charge in [0.1, 0.15) is 0 Å². The van der Waals surface area contributed by atoms with Gasteiger partial charge in [-0.1, -0.05) is 6.42 Å². The summed E-state index contributed by atoms with van der Waals surface area (Å²) in [6.45, 7) is 9.40. The second-order valence-corrected chi connectivity index (χ2v) is 6.07. The van der Waals surface area contributed by atoms with Crippen molar-refractivity contribution in [2.45, 2.75) is 65.1 Å². The Bertz CT molecular complexity index is 361. The Morgan fingerprint density at radius 3 is 2.65 bits per heavy atom. The Morgan fingerprint density at radius 1 is 1.41 bits per heavy atom. The van der Waals surface area contributed by atoms with E-state index in [1.165, 1.54) is 19.3 Å². The number of hydrogen-bond acceptors (Lipinski definition) is 4. The van der Waals surface area contributed by atoms with Crippen molar-refractivity contribution < 1.29 is 0 Å². The molecule has 1 aromatic rings. The van der Waals surface area contributed by atoms with Crippen LogP contribution in [0.25, 0.3) is 0 Å². The molecule has 1 aliphatic rings. The van der Waals surface area contributed by atoms with Crippen LogP contribution in [0.4, 0.5) is 0 Å². The van der Waals surface area contributed by atoms with Gasteiger partial charge in [0.15, 0.2) is 5.82 Å². The van der Waals surface area contributed by atoms with E-state index in [1.54, 1.807) is 0 Å². The number of nitrogens with zero attached hydrogens (tertiary/aromatic N) is 4. The molecule has 0 aromatic carbocycles. The van der Waals surface area contributed by atoms with E-state index in [4.69, 9.17) is 0 Å². The molecule has 5 nitrogen and oxygen atoms in total. The summed E-state index contributed by atoms with van der Waals surface area (Å²) in [5.41, 5.74) is 0.0937. The van der Waals surface area contributed by atoms with Gasteiger partial charge in [0.25, 0.3) is 0 Å². The zero-order valence-electron chi connectivity index (χ0n) is 11.3. The number of tetrazole rings is 1. The van der Waals surface area contributed by atoms with Crippen LogP contribution in [0.1, 0.15) is 58.8 Å². The summed E-state index contributed by atoms with van der Waals surface area (Å²) in [6, 6.07) is 0.426. The highest BCUT2D eigenvalue weighted by atomic mass is 15.6. The molecule has 1 saturated carbocycles. The largest absolute Gasteiger partial charge is 0.305 e. The smallest absolute Gasteiger partial charge is 0.165 e. The van der Waals surface area contributed by atoms with Crippen LogP contribution < -0.4 is 5.32 Å². The maximum absolute atomic E-state index is 4.14. The van der Waals surface area contributed by atoms with Gasteiger partial charge < -0.3 is 5.32 Å². The lowest BCUT2D eigenvalue weighted by atomic mass is 9.80. The monoisotopic (exact) mass is 237 g/mol. The third kappa shape index (κ3) is 3.03. The van der Waals surface area contributed by atoms with Gasteiger partial charge in [-0.2, -0.15) is 0 Å². The maximum atomic E-state index is 4.14. The fourth-order valence-electron chi connectivity index (χ4n) is 2.11. The lowest BCUT2D eigenvalue weighted by Gasteiger charge is -2.31. The normalized spacial score (nSPS) is 19.1. The third-order valence-corrected chi connectivity index (χ3v) is 3.56. The molecule has 0 aliphatic heterocycles. The summed E-state index contributed by atoms with van der Waals surface area (Å²) >= 11 is 0. The SMILES string of the molecule is CC(C1CCC1)n1nnnc1CNC(C)(C)C. The number of nitrogens with one attached hydrogen (secondary N) is 1. The highest BCUT2D eigenvalue weighted by molar-refractivity contribution is 4.89. The molecule has 0 saturated heterocycles. The van der Waals surface area contributed by atoms with E-state index in [0.717, 1.165) is 18.3 Å². The topological polar surface area (TPSA) is 55.6 Å². The summed E-state index contributed by atoms with van der Waals surface area (Å²) in [7, 11) is 0. The zero-order chi connectivity index (χ0) is 12.5. The quantitative estimate of drug-likeness (QED) is 0.869. The van der Waals surface area contributed by atoms with E-state index in [2.05, 4.69) is 48.5 Å². The lowest BCUT2D eigenvalue weighted by Crippen LogP contribution is -2.36. The zero-order valence-corrected chi connectivity index (χ0v) is 11.3. The number of hydrogen-bond donors (Lipinski definition) is 1. The third-order valence-electron chi connectivity index (χ3n) is 3.56. The summed E-state index contributed by atoms with van der Waals surface area (Å²) in [5.74, 6) is 1.70. The molecule has 1 heterocycles. The highest BCUT2D eigenvalue weighted by Crippen LogP contribution is 2.35. The summed E-state index contributed by atoms with van der Waals surface area (Å²) < 4.78 is 1.99. The summed E-state index contributed by atoms with van der Waals surface area (Å²) in [5, 5.41) is 15.5. The van der Waals surface area contributed by atoms with Crippen molar-refractivity contribution in [3.63, 3.8) is 0 Å². The van der Waals surface area contributed by atoms with Crippen LogP contribution in [0.3, 0.4) is 0 Å². The molecule has 0 radical (unpaired) electrons. The van der Waals surface area contributed by atoms with Crippen LogP contribution in [0, 0.1) is 5.92 Å². The van der Waals surface area contributed by atoms with E-state index < -0.39 is 0 Å². The van der Waals surface area contributed by atoms with Crippen molar-refractivity contribution in [2.75, 3.05) is 0 Å².